The first-order chi connectivity index (χ1) is 9.78. The van der Waals surface area contributed by atoms with Gasteiger partial charge in [0.25, 0.3) is 5.91 Å². The van der Waals surface area contributed by atoms with Crippen molar-refractivity contribution in [2.75, 3.05) is 12.4 Å². The third-order valence-electron chi connectivity index (χ3n) is 4.02. The van der Waals surface area contributed by atoms with Gasteiger partial charge in [0.1, 0.15) is 0 Å². The van der Waals surface area contributed by atoms with E-state index in [9.17, 15) is 14.4 Å². The Hall–Kier alpha value is -2.37. The number of hydrogen-bond acceptors (Lipinski definition) is 3. The standard InChI is InChI=1S/C15H18N2O4/c1-15(2)10(11(15)14(20)21)13(19)17-9-6-4-8(5-7-9)12(18)16-3/h4-7,10-11H,1-3H3,(H,16,18)(H,17,19)(H,20,21)/t10-,11-/m0/s1. The maximum absolute atomic E-state index is 12.1. The molecule has 1 saturated carbocycles. The second-order valence-corrected chi connectivity index (χ2v) is 5.76. The molecule has 6 nitrogen and oxygen atoms in total. The van der Waals surface area contributed by atoms with E-state index < -0.39 is 23.2 Å². The Bertz CT molecular complexity index is 592. The van der Waals surface area contributed by atoms with E-state index in [4.69, 9.17) is 5.11 Å². The summed E-state index contributed by atoms with van der Waals surface area (Å²) in [6.07, 6.45) is 0. The molecule has 0 aromatic heterocycles. The van der Waals surface area contributed by atoms with Crippen LogP contribution in [0, 0.1) is 17.3 Å². The highest BCUT2D eigenvalue weighted by molar-refractivity contribution is 6.00. The van der Waals surface area contributed by atoms with Gasteiger partial charge in [-0.1, -0.05) is 13.8 Å². The van der Waals surface area contributed by atoms with Crippen LogP contribution in [0.4, 0.5) is 5.69 Å². The van der Waals surface area contributed by atoms with E-state index in [0.29, 0.717) is 11.3 Å². The summed E-state index contributed by atoms with van der Waals surface area (Å²) in [6, 6.07) is 6.43. The van der Waals surface area contributed by atoms with Crippen molar-refractivity contribution in [2.45, 2.75) is 13.8 Å². The van der Waals surface area contributed by atoms with Crippen molar-refractivity contribution >= 4 is 23.5 Å². The molecule has 0 saturated heterocycles. The van der Waals surface area contributed by atoms with Gasteiger partial charge in [0.15, 0.2) is 0 Å². The molecular weight excluding hydrogens is 272 g/mol. The zero-order valence-electron chi connectivity index (χ0n) is 12.1. The van der Waals surface area contributed by atoms with E-state index in [0.717, 1.165) is 0 Å². The van der Waals surface area contributed by atoms with E-state index in [2.05, 4.69) is 10.6 Å². The van der Waals surface area contributed by atoms with E-state index >= 15 is 0 Å². The highest BCUT2D eigenvalue weighted by Gasteiger charge is 2.65. The maximum atomic E-state index is 12.1. The molecule has 1 fully saturated rings. The Morgan fingerprint density at radius 2 is 1.67 bits per heavy atom. The third-order valence-corrected chi connectivity index (χ3v) is 4.02. The minimum absolute atomic E-state index is 0.206. The average molecular weight is 290 g/mol. The van der Waals surface area contributed by atoms with Gasteiger partial charge in [-0.15, -0.1) is 0 Å². The van der Waals surface area contributed by atoms with Crippen LogP contribution in [-0.2, 0) is 9.59 Å². The van der Waals surface area contributed by atoms with Gasteiger partial charge in [0.05, 0.1) is 11.8 Å². The minimum atomic E-state index is -0.949. The normalized spacial score (nSPS) is 22.2. The molecule has 0 aliphatic heterocycles. The third kappa shape index (κ3) is 2.74. The fourth-order valence-electron chi connectivity index (χ4n) is 2.66. The number of carbonyl (C=O) groups excluding carboxylic acids is 2. The molecule has 3 N–H and O–H groups in total. The molecule has 1 aliphatic carbocycles. The summed E-state index contributed by atoms with van der Waals surface area (Å²) in [4.78, 5) is 34.6. The van der Waals surface area contributed by atoms with Gasteiger partial charge >= 0.3 is 5.97 Å². The second-order valence-electron chi connectivity index (χ2n) is 5.76. The van der Waals surface area contributed by atoms with Crippen LogP contribution in [0.3, 0.4) is 0 Å². The van der Waals surface area contributed by atoms with Gasteiger partial charge in [0.2, 0.25) is 5.91 Å². The number of carbonyl (C=O) groups is 3. The number of hydrogen-bond donors (Lipinski definition) is 3. The number of nitrogens with one attached hydrogen (secondary N) is 2. The van der Waals surface area contributed by atoms with Crippen LogP contribution in [0.1, 0.15) is 24.2 Å². The Balaban J connectivity index is 2.04. The Labute approximate surface area is 122 Å². The second kappa shape index (κ2) is 5.20. The molecule has 21 heavy (non-hydrogen) atoms. The first-order valence-corrected chi connectivity index (χ1v) is 6.65. The van der Waals surface area contributed by atoms with Crippen molar-refractivity contribution in [2.24, 2.45) is 17.3 Å². The van der Waals surface area contributed by atoms with Crippen LogP contribution in [0.25, 0.3) is 0 Å². The molecule has 6 heteroatoms. The van der Waals surface area contributed by atoms with Gasteiger partial charge < -0.3 is 15.7 Å². The van der Waals surface area contributed by atoms with E-state index in [-0.39, 0.29) is 11.8 Å². The maximum Gasteiger partial charge on any atom is 0.307 e. The average Bonchev–Trinajstić information content (AvgIpc) is 3.02. The zero-order chi connectivity index (χ0) is 15.8. The van der Waals surface area contributed by atoms with Crippen LogP contribution in [0.2, 0.25) is 0 Å². The molecule has 1 aromatic rings. The van der Waals surface area contributed by atoms with Gasteiger partial charge in [-0.3, -0.25) is 14.4 Å². The number of anilines is 1. The summed E-state index contributed by atoms with van der Waals surface area (Å²) in [5.41, 5.74) is 0.503. The van der Waals surface area contributed by atoms with Gasteiger partial charge in [-0.05, 0) is 29.7 Å². The van der Waals surface area contributed by atoms with Crippen molar-refractivity contribution in [1.82, 2.24) is 5.32 Å². The number of carboxylic acid groups (broad SMARTS) is 1. The summed E-state index contributed by atoms with van der Waals surface area (Å²) in [7, 11) is 1.54. The number of aliphatic carboxylic acids is 1. The predicted molar refractivity (Wildman–Crippen MR) is 76.9 cm³/mol. The summed E-state index contributed by atoms with van der Waals surface area (Å²) >= 11 is 0. The Kier molecular flexibility index (Phi) is 3.72. The van der Waals surface area contributed by atoms with Gasteiger partial charge in [-0.25, -0.2) is 0 Å². The first-order valence-electron chi connectivity index (χ1n) is 6.65. The first kappa shape index (κ1) is 15.0. The summed E-state index contributed by atoms with van der Waals surface area (Å²) in [6.45, 7) is 3.54. The summed E-state index contributed by atoms with van der Waals surface area (Å²) in [5, 5.41) is 14.3. The lowest BCUT2D eigenvalue weighted by atomic mass is 10.1. The monoisotopic (exact) mass is 290 g/mol. The van der Waals surface area contributed by atoms with Gasteiger partial charge in [0, 0.05) is 18.3 Å². The molecule has 0 bridgehead atoms. The lowest BCUT2D eigenvalue weighted by Crippen LogP contribution is -2.19. The van der Waals surface area contributed by atoms with Crippen molar-refractivity contribution in [1.29, 1.82) is 0 Å². The van der Waals surface area contributed by atoms with Crippen molar-refractivity contribution in [3.05, 3.63) is 29.8 Å². The topological polar surface area (TPSA) is 95.5 Å². The van der Waals surface area contributed by atoms with Crippen molar-refractivity contribution < 1.29 is 19.5 Å². The van der Waals surface area contributed by atoms with E-state index in [1.54, 1.807) is 45.2 Å². The smallest absolute Gasteiger partial charge is 0.307 e. The molecule has 2 amide bonds. The van der Waals surface area contributed by atoms with Crippen LogP contribution < -0.4 is 10.6 Å². The summed E-state index contributed by atoms with van der Waals surface area (Å²) in [5.74, 6) is -2.64. The lowest BCUT2D eigenvalue weighted by molar-refractivity contribution is -0.140. The fourth-order valence-corrected chi connectivity index (χ4v) is 2.66. The Morgan fingerprint density at radius 3 is 2.10 bits per heavy atom. The molecule has 0 spiro atoms. The molecule has 0 radical (unpaired) electrons. The van der Waals surface area contributed by atoms with Crippen LogP contribution in [0.15, 0.2) is 24.3 Å². The molecule has 1 aromatic carbocycles. The number of carboxylic acids is 1. The molecule has 2 atom stereocenters. The van der Waals surface area contributed by atoms with E-state index in [1.807, 2.05) is 0 Å². The summed E-state index contributed by atoms with van der Waals surface area (Å²) < 4.78 is 0. The number of benzene rings is 1. The van der Waals surface area contributed by atoms with Crippen LogP contribution >= 0.6 is 0 Å². The molecule has 0 unspecified atom stereocenters. The fraction of sp³-hybridized carbons (Fsp3) is 0.400. The molecule has 0 heterocycles. The number of amides is 2. The zero-order valence-corrected chi connectivity index (χ0v) is 12.1. The highest BCUT2D eigenvalue weighted by atomic mass is 16.4. The Morgan fingerprint density at radius 1 is 1.10 bits per heavy atom. The quantitative estimate of drug-likeness (QED) is 0.779. The highest BCUT2D eigenvalue weighted by Crippen LogP contribution is 2.58. The lowest BCUT2D eigenvalue weighted by Gasteiger charge is -2.07. The largest absolute Gasteiger partial charge is 0.481 e. The van der Waals surface area contributed by atoms with E-state index in [1.165, 1.54) is 0 Å². The van der Waals surface area contributed by atoms with Crippen molar-refractivity contribution in [3.8, 4) is 0 Å². The molecule has 2 rings (SSSR count). The number of rotatable bonds is 4. The molecule has 1 aliphatic rings. The molecule has 112 valence electrons. The predicted octanol–water partition coefficient (Wildman–Crippen LogP) is 1.34. The van der Waals surface area contributed by atoms with Crippen LogP contribution in [-0.4, -0.2) is 29.9 Å². The van der Waals surface area contributed by atoms with Crippen molar-refractivity contribution in [3.63, 3.8) is 0 Å². The molecular formula is C15H18N2O4. The SMILES string of the molecule is CNC(=O)c1ccc(NC(=O)[C@@H]2[C@@H](C(=O)O)C2(C)C)cc1. The minimum Gasteiger partial charge on any atom is -0.481 e. The van der Waals surface area contributed by atoms with Gasteiger partial charge in [-0.2, -0.15) is 0 Å². The van der Waals surface area contributed by atoms with Crippen LogP contribution in [0.5, 0.6) is 0 Å².